The maximum Gasteiger partial charge on any atom is 0.0991 e. The van der Waals surface area contributed by atoms with Crippen molar-refractivity contribution in [1.82, 2.24) is 0 Å². The molecule has 0 bridgehead atoms. The van der Waals surface area contributed by atoms with E-state index >= 15 is 0 Å². The Kier molecular flexibility index (Phi) is 9.33. The van der Waals surface area contributed by atoms with Gasteiger partial charge < -0.3 is 4.90 Å². The van der Waals surface area contributed by atoms with E-state index in [-0.39, 0.29) is 0 Å². The predicted octanol–water partition coefficient (Wildman–Crippen LogP) is 12.1. The molecular weight excluding hydrogens is 556 g/mol. The summed E-state index contributed by atoms with van der Waals surface area (Å²) in [5, 5.41) is 10.9. The highest BCUT2D eigenvalue weighted by Crippen LogP contribution is 2.38. The second-order valence-corrected chi connectivity index (χ2v) is 11.4. The average molecular weight is 593 g/mol. The Bertz CT molecular complexity index is 2070. The number of nitriles is 1. The van der Waals surface area contributed by atoms with Crippen molar-refractivity contribution in [3.05, 3.63) is 187 Å². The van der Waals surface area contributed by atoms with E-state index in [1.807, 2.05) is 24.3 Å². The Morgan fingerprint density at radius 2 is 1.04 bits per heavy atom. The molecule has 2 heteroatoms. The third-order valence-electron chi connectivity index (χ3n) is 8.20. The number of rotatable bonds is 6. The minimum atomic E-state index is 0.734. The summed E-state index contributed by atoms with van der Waals surface area (Å²) in [6, 6.07) is 61.9. The second-order valence-electron chi connectivity index (χ2n) is 11.4. The lowest BCUT2D eigenvalue weighted by Gasteiger charge is -2.26. The van der Waals surface area contributed by atoms with Crippen molar-refractivity contribution in [1.29, 1.82) is 5.26 Å². The van der Waals surface area contributed by atoms with Crippen LogP contribution in [0.5, 0.6) is 0 Å². The van der Waals surface area contributed by atoms with Crippen LogP contribution in [0.1, 0.15) is 23.6 Å². The number of nitrogens with zero attached hydrogens (tertiary/aromatic N) is 2. The molecule has 0 fully saturated rings. The molecule has 0 aliphatic heterocycles. The fourth-order valence-corrected chi connectivity index (χ4v) is 5.58. The SMILES string of the molecule is CCc1ccc(C#N)cc1.Cc1ccc(-c2ccc(N(c3cccc(-c4ccccc4)c3)c3ccc4ccccc4c3)cc2)cc1. The summed E-state index contributed by atoms with van der Waals surface area (Å²) in [6.45, 7) is 4.22. The van der Waals surface area contributed by atoms with Gasteiger partial charge in [0, 0.05) is 17.1 Å². The summed E-state index contributed by atoms with van der Waals surface area (Å²) in [6.07, 6.45) is 1.03. The zero-order valence-corrected chi connectivity index (χ0v) is 26.3. The summed E-state index contributed by atoms with van der Waals surface area (Å²) < 4.78 is 0. The Labute approximate surface area is 272 Å². The van der Waals surface area contributed by atoms with E-state index in [9.17, 15) is 0 Å². The van der Waals surface area contributed by atoms with Gasteiger partial charge >= 0.3 is 0 Å². The lowest BCUT2D eigenvalue weighted by atomic mass is 10.0. The van der Waals surface area contributed by atoms with E-state index in [0.717, 1.165) is 29.0 Å². The molecule has 0 aliphatic carbocycles. The minimum absolute atomic E-state index is 0.734. The molecule has 46 heavy (non-hydrogen) atoms. The molecule has 0 unspecified atom stereocenters. The lowest BCUT2D eigenvalue weighted by Crippen LogP contribution is -2.10. The van der Waals surface area contributed by atoms with E-state index < -0.39 is 0 Å². The summed E-state index contributed by atoms with van der Waals surface area (Å²) in [5.74, 6) is 0. The van der Waals surface area contributed by atoms with Crippen molar-refractivity contribution in [2.75, 3.05) is 4.90 Å². The summed E-state index contributed by atoms with van der Waals surface area (Å²) in [4.78, 5) is 2.35. The molecule has 7 rings (SSSR count). The van der Waals surface area contributed by atoms with Crippen LogP contribution in [0.2, 0.25) is 0 Å². The molecule has 0 saturated carbocycles. The molecular formula is C44H36N2. The van der Waals surface area contributed by atoms with Crippen molar-refractivity contribution in [3.63, 3.8) is 0 Å². The monoisotopic (exact) mass is 592 g/mol. The number of anilines is 3. The van der Waals surface area contributed by atoms with Crippen molar-refractivity contribution in [3.8, 4) is 28.3 Å². The molecule has 0 N–H and O–H groups in total. The molecule has 0 aliphatic rings. The number of hydrogen-bond acceptors (Lipinski definition) is 2. The summed E-state index contributed by atoms with van der Waals surface area (Å²) in [7, 11) is 0. The first-order chi connectivity index (χ1) is 22.6. The number of fused-ring (bicyclic) bond motifs is 1. The van der Waals surface area contributed by atoms with E-state index in [4.69, 9.17) is 5.26 Å². The minimum Gasteiger partial charge on any atom is -0.310 e. The van der Waals surface area contributed by atoms with Gasteiger partial charge in [-0.3, -0.25) is 0 Å². The maximum absolute atomic E-state index is 8.45. The van der Waals surface area contributed by atoms with Gasteiger partial charge in [-0.05, 0) is 100 Å². The molecule has 0 spiro atoms. The fraction of sp³-hybridized carbons (Fsp3) is 0.0682. The first kappa shape index (κ1) is 30.1. The van der Waals surface area contributed by atoms with Gasteiger partial charge in [-0.2, -0.15) is 5.26 Å². The predicted molar refractivity (Wildman–Crippen MR) is 195 cm³/mol. The van der Waals surface area contributed by atoms with Crippen LogP contribution in [-0.4, -0.2) is 0 Å². The molecule has 0 saturated heterocycles. The first-order valence-electron chi connectivity index (χ1n) is 15.7. The van der Waals surface area contributed by atoms with Crippen molar-refractivity contribution < 1.29 is 0 Å². The summed E-state index contributed by atoms with van der Waals surface area (Å²) >= 11 is 0. The van der Waals surface area contributed by atoms with Crippen LogP contribution in [-0.2, 0) is 6.42 Å². The second kappa shape index (κ2) is 14.2. The van der Waals surface area contributed by atoms with E-state index in [2.05, 4.69) is 170 Å². The van der Waals surface area contributed by atoms with Crippen LogP contribution < -0.4 is 4.90 Å². The standard InChI is InChI=1S/C35H27N.C9H9N/c1-26-14-16-29(17-15-26)30-18-21-33(22-19-30)36(35-23-20-28-10-5-6-11-31(28)25-35)34-13-7-12-32(24-34)27-8-3-2-4-9-27;1-2-8-3-5-9(7-10)6-4-8/h2-25H,1H3;3-6H,2H2,1H3. The van der Waals surface area contributed by atoms with Crippen molar-refractivity contribution >= 4 is 27.8 Å². The molecule has 0 aromatic heterocycles. The third-order valence-corrected chi connectivity index (χ3v) is 8.20. The normalized spacial score (nSPS) is 10.5. The van der Waals surface area contributed by atoms with Crippen LogP contribution >= 0.6 is 0 Å². The van der Waals surface area contributed by atoms with Crippen LogP contribution in [0.4, 0.5) is 17.1 Å². The van der Waals surface area contributed by atoms with Gasteiger partial charge in [-0.25, -0.2) is 0 Å². The van der Waals surface area contributed by atoms with Gasteiger partial charge in [0.1, 0.15) is 0 Å². The van der Waals surface area contributed by atoms with E-state index in [1.165, 1.54) is 44.2 Å². The van der Waals surface area contributed by atoms with Gasteiger partial charge in [-0.1, -0.05) is 134 Å². The fourth-order valence-electron chi connectivity index (χ4n) is 5.58. The molecule has 2 nitrogen and oxygen atoms in total. The van der Waals surface area contributed by atoms with Gasteiger partial charge in [0.2, 0.25) is 0 Å². The lowest BCUT2D eigenvalue weighted by molar-refractivity contribution is 1.14. The largest absolute Gasteiger partial charge is 0.310 e. The van der Waals surface area contributed by atoms with Crippen molar-refractivity contribution in [2.24, 2.45) is 0 Å². The zero-order chi connectivity index (χ0) is 31.7. The van der Waals surface area contributed by atoms with Crippen LogP contribution in [0.3, 0.4) is 0 Å². The smallest absolute Gasteiger partial charge is 0.0991 e. The molecule has 0 heterocycles. The highest BCUT2D eigenvalue weighted by molar-refractivity contribution is 5.90. The third kappa shape index (κ3) is 7.07. The number of hydrogen-bond donors (Lipinski definition) is 0. The Morgan fingerprint density at radius 3 is 1.72 bits per heavy atom. The Hall–Kier alpha value is -5.91. The quantitative estimate of drug-likeness (QED) is 0.192. The van der Waals surface area contributed by atoms with Crippen molar-refractivity contribution in [2.45, 2.75) is 20.3 Å². The van der Waals surface area contributed by atoms with Gasteiger partial charge in [-0.15, -0.1) is 0 Å². The van der Waals surface area contributed by atoms with Gasteiger partial charge in [0.15, 0.2) is 0 Å². The zero-order valence-electron chi connectivity index (χ0n) is 26.3. The van der Waals surface area contributed by atoms with Crippen LogP contribution in [0.25, 0.3) is 33.0 Å². The van der Waals surface area contributed by atoms with Crippen LogP contribution in [0.15, 0.2) is 170 Å². The molecule has 7 aromatic rings. The highest BCUT2D eigenvalue weighted by Gasteiger charge is 2.14. The molecule has 0 amide bonds. The van der Waals surface area contributed by atoms with Gasteiger partial charge in [0.25, 0.3) is 0 Å². The summed E-state index contributed by atoms with van der Waals surface area (Å²) in [5.41, 5.74) is 11.6. The van der Waals surface area contributed by atoms with E-state index in [1.54, 1.807) is 0 Å². The van der Waals surface area contributed by atoms with Gasteiger partial charge in [0.05, 0.1) is 11.6 Å². The number of benzene rings is 7. The Balaban J connectivity index is 0.000000319. The molecule has 0 atom stereocenters. The average Bonchev–Trinajstić information content (AvgIpc) is 3.13. The number of aryl methyl sites for hydroxylation is 2. The molecule has 222 valence electrons. The molecule has 7 aromatic carbocycles. The van der Waals surface area contributed by atoms with E-state index in [0.29, 0.717) is 0 Å². The maximum atomic E-state index is 8.45. The first-order valence-corrected chi connectivity index (χ1v) is 15.7. The topological polar surface area (TPSA) is 27.0 Å². The van der Waals surface area contributed by atoms with Crippen LogP contribution in [0, 0.1) is 18.3 Å². The molecule has 0 radical (unpaired) electrons. The highest BCUT2D eigenvalue weighted by atomic mass is 15.1. The Morgan fingerprint density at radius 1 is 0.478 bits per heavy atom.